The number of rotatable bonds is 11. The minimum atomic E-state index is -0.714. The first-order valence-corrected chi connectivity index (χ1v) is 6.06. The molecule has 0 aliphatic heterocycles. The van der Waals surface area contributed by atoms with Crippen molar-refractivity contribution >= 4 is 49.7 Å². The van der Waals surface area contributed by atoms with Crippen LogP contribution in [-0.2, 0) is 9.59 Å². The van der Waals surface area contributed by atoms with E-state index in [-0.39, 0.29) is 53.4 Å². The van der Waals surface area contributed by atoms with Crippen molar-refractivity contribution < 1.29 is 22.7 Å². The minimum absolute atomic E-state index is 0. The Labute approximate surface area is 136 Å². The second kappa shape index (κ2) is 14.3. The standard InChI is InChI=1S/C12H22O4.Ca.2H/c13-11(14)9-7-5-3-1-2-4-6-8-10-12(15)16;;;/h1-10H2,(H,13,14)(H,15,16);;;/q;+2;2*-1. The van der Waals surface area contributed by atoms with Crippen LogP contribution in [0.1, 0.15) is 67.1 Å². The quantitative estimate of drug-likeness (QED) is 0.448. The van der Waals surface area contributed by atoms with Crippen LogP contribution in [0.25, 0.3) is 0 Å². The van der Waals surface area contributed by atoms with Crippen molar-refractivity contribution in [3.05, 3.63) is 0 Å². The van der Waals surface area contributed by atoms with E-state index in [9.17, 15) is 9.59 Å². The predicted molar refractivity (Wildman–Crippen MR) is 69.4 cm³/mol. The van der Waals surface area contributed by atoms with Crippen LogP contribution in [0.4, 0.5) is 0 Å². The molecule has 0 aromatic heterocycles. The van der Waals surface area contributed by atoms with Crippen molar-refractivity contribution in [1.82, 2.24) is 0 Å². The molecule has 4 nitrogen and oxygen atoms in total. The van der Waals surface area contributed by atoms with Gasteiger partial charge >= 0.3 is 49.7 Å². The summed E-state index contributed by atoms with van der Waals surface area (Å²) in [6.07, 6.45) is 8.51. The van der Waals surface area contributed by atoms with Crippen LogP contribution in [0.5, 0.6) is 0 Å². The Morgan fingerprint density at radius 2 is 0.882 bits per heavy atom. The average Bonchev–Trinajstić information content (AvgIpc) is 2.20. The van der Waals surface area contributed by atoms with Gasteiger partial charge in [0, 0.05) is 12.8 Å². The summed E-state index contributed by atoms with van der Waals surface area (Å²) in [5.41, 5.74) is 0. The Kier molecular flexibility index (Phi) is 16.4. The molecule has 0 aromatic rings. The molecule has 0 fully saturated rings. The first kappa shape index (κ1) is 19.5. The molecule has 0 aliphatic rings. The Morgan fingerprint density at radius 1 is 0.647 bits per heavy atom. The second-order valence-corrected chi connectivity index (χ2v) is 4.12. The summed E-state index contributed by atoms with van der Waals surface area (Å²) >= 11 is 0. The minimum Gasteiger partial charge on any atom is -1.00 e. The normalized spacial score (nSPS) is 9.65. The van der Waals surface area contributed by atoms with Crippen LogP contribution >= 0.6 is 0 Å². The predicted octanol–water partition coefficient (Wildman–Crippen LogP) is 2.90. The molecule has 98 valence electrons. The Bertz CT molecular complexity index is 194. The molecular formula is C12H24CaO4. The zero-order valence-electron chi connectivity index (χ0n) is 12.5. The monoisotopic (exact) mass is 272 g/mol. The number of carbonyl (C=O) groups is 2. The van der Waals surface area contributed by atoms with Gasteiger partial charge in [-0.15, -0.1) is 0 Å². The maximum atomic E-state index is 10.2. The van der Waals surface area contributed by atoms with Crippen molar-refractivity contribution in [1.29, 1.82) is 0 Å². The smallest absolute Gasteiger partial charge is 1.00 e. The summed E-state index contributed by atoms with van der Waals surface area (Å²) in [5, 5.41) is 16.8. The first-order valence-electron chi connectivity index (χ1n) is 6.06. The van der Waals surface area contributed by atoms with Crippen molar-refractivity contribution in [2.24, 2.45) is 0 Å². The zero-order valence-corrected chi connectivity index (χ0v) is 12.7. The maximum absolute atomic E-state index is 10.2. The Hall–Kier alpha value is 0.200. The summed E-state index contributed by atoms with van der Waals surface area (Å²) < 4.78 is 0. The van der Waals surface area contributed by atoms with Gasteiger partial charge in [-0.25, -0.2) is 0 Å². The van der Waals surface area contributed by atoms with Crippen molar-refractivity contribution in [3.8, 4) is 0 Å². The van der Waals surface area contributed by atoms with E-state index >= 15 is 0 Å². The van der Waals surface area contributed by atoms with Gasteiger partial charge in [0.15, 0.2) is 0 Å². The molecule has 0 saturated heterocycles. The van der Waals surface area contributed by atoms with Crippen LogP contribution in [0.3, 0.4) is 0 Å². The Morgan fingerprint density at radius 3 is 1.12 bits per heavy atom. The molecule has 0 unspecified atom stereocenters. The summed E-state index contributed by atoms with van der Waals surface area (Å²) in [7, 11) is 0. The van der Waals surface area contributed by atoms with Crippen LogP contribution in [0.2, 0.25) is 0 Å². The van der Waals surface area contributed by atoms with Gasteiger partial charge < -0.3 is 13.1 Å². The van der Waals surface area contributed by atoms with E-state index in [1.807, 2.05) is 0 Å². The molecule has 0 amide bonds. The molecule has 0 radical (unpaired) electrons. The van der Waals surface area contributed by atoms with Crippen LogP contribution in [0.15, 0.2) is 0 Å². The largest absolute Gasteiger partial charge is 2.00 e. The van der Waals surface area contributed by atoms with Gasteiger partial charge in [-0.2, -0.15) is 0 Å². The molecule has 17 heavy (non-hydrogen) atoms. The number of unbranched alkanes of at least 4 members (excludes halogenated alkanes) is 7. The number of hydrogen-bond donors (Lipinski definition) is 2. The number of aliphatic carboxylic acids is 2. The molecule has 0 spiro atoms. The molecule has 0 saturated carbocycles. The van der Waals surface area contributed by atoms with E-state index in [1.165, 1.54) is 0 Å². The summed E-state index contributed by atoms with van der Waals surface area (Å²) in [6.45, 7) is 0. The zero-order chi connectivity index (χ0) is 12.2. The van der Waals surface area contributed by atoms with Crippen molar-refractivity contribution in [3.63, 3.8) is 0 Å². The number of carboxylic acids is 2. The third kappa shape index (κ3) is 18.7. The van der Waals surface area contributed by atoms with Gasteiger partial charge in [-0.3, -0.25) is 9.59 Å². The third-order valence-electron chi connectivity index (χ3n) is 2.53. The van der Waals surface area contributed by atoms with Crippen molar-refractivity contribution in [2.75, 3.05) is 0 Å². The van der Waals surface area contributed by atoms with Gasteiger partial charge in [-0.1, -0.05) is 38.5 Å². The van der Waals surface area contributed by atoms with E-state index in [0.29, 0.717) is 0 Å². The van der Waals surface area contributed by atoms with E-state index in [2.05, 4.69) is 0 Å². The molecule has 5 heteroatoms. The van der Waals surface area contributed by atoms with E-state index in [0.717, 1.165) is 51.4 Å². The van der Waals surface area contributed by atoms with E-state index in [4.69, 9.17) is 10.2 Å². The SMILES string of the molecule is O=C(O)CCCCCCCCCCC(=O)O.[Ca+2].[H-].[H-]. The fourth-order valence-corrected chi connectivity index (χ4v) is 1.61. The molecule has 0 rings (SSSR count). The van der Waals surface area contributed by atoms with Gasteiger partial charge in [0.2, 0.25) is 0 Å². The third-order valence-corrected chi connectivity index (χ3v) is 2.53. The Balaban J connectivity index is -0.000000375. The molecule has 0 heterocycles. The van der Waals surface area contributed by atoms with Crippen LogP contribution in [-0.4, -0.2) is 59.9 Å². The maximum Gasteiger partial charge on any atom is 2.00 e. The first-order chi connectivity index (χ1) is 7.63. The van der Waals surface area contributed by atoms with Gasteiger partial charge in [-0.05, 0) is 12.8 Å². The number of hydrogen-bond acceptors (Lipinski definition) is 2. The summed E-state index contributed by atoms with van der Waals surface area (Å²) in [4.78, 5) is 20.4. The second-order valence-electron chi connectivity index (χ2n) is 4.12. The number of carboxylic acid groups (broad SMARTS) is 2. The van der Waals surface area contributed by atoms with Crippen molar-refractivity contribution in [2.45, 2.75) is 64.2 Å². The molecule has 0 bridgehead atoms. The molecular weight excluding hydrogens is 248 g/mol. The fraction of sp³-hybridized carbons (Fsp3) is 0.833. The molecule has 0 aromatic carbocycles. The molecule has 0 aliphatic carbocycles. The average molecular weight is 272 g/mol. The fourth-order valence-electron chi connectivity index (χ4n) is 1.61. The molecule has 0 atom stereocenters. The summed E-state index contributed by atoms with van der Waals surface area (Å²) in [5.74, 6) is -1.43. The van der Waals surface area contributed by atoms with Crippen LogP contribution < -0.4 is 0 Å². The van der Waals surface area contributed by atoms with Gasteiger partial charge in [0.25, 0.3) is 0 Å². The molecule has 2 N–H and O–H groups in total. The van der Waals surface area contributed by atoms with Crippen LogP contribution in [0, 0.1) is 0 Å². The van der Waals surface area contributed by atoms with Gasteiger partial charge in [0.05, 0.1) is 0 Å². The topological polar surface area (TPSA) is 74.6 Å². The van der Waals surface area contributed by atoms with Gasteiger partial charge in [0.1, 0.15) is 0 Å². The van der Waals surface area contributed by atoms with E-state index in [1.54, 1.807) is 0 Å². The summed E-state index contributed by atoms with van der Waals surface area (Å²) in [6, 6.07) is 0. The van der Waals surface area contributed by atoms with E-state index < -0.39 is 11.9 Å².